The molecular formula is C11H16N2O5S. The number of β-amino-alcohol motifs (C(OH)–C–C–N with tert-alkyl or cyclic N) is 1. The third-order valence-electron chi connectivity index (χ3n) is 2.88. The highest BCUT2D eigenvalue weighted by Gasteiger charge is 2.40. The van der Waals surface area contributed by atoms with Crippen molar-refractivity contribution in [2.24, 2.45) is 0 Å². The number of carbonyl (C=O) groups excluding carboxylic acids is 1. The van der Waals surface area contributed by atoms with Gasteiger partial charge in [0.2, 0.25) is 5.09 Å². The van der Waals surface area contributed by atoms with Gasteiger partial charge in [-0.25, -0.2) is 12.7 Å². The summed E-state index contributed by atoms with van der Waals surface area (Å²) in [6, 6.07) is 2.58. The maximum absolute atomic E-state index is 11.9. The zero-order chi connectivity index (χ0) is 14.4. The van der Waals surface area contributed by atoms with Gasteiger partial charge in [-0.05, 0) is 19.1 Å². The summed E-state index contributed by atoms with van der Waals surface area (Å²) in [6.07, 6.45) is 0. The van der Waals surface area contributed by atoms with Crippen molar-refractivity contribution in [2.45, 2.75) is 17.6 Å². The Morgan fingerprint density at radius 3 is 2.47 bits per heavy atom. The minimum Gasteiger partial charge on any atom is -0.438 e. The predicted octanol–water partition coefficient (Wildman–Crippen LogP) is -0.263. The Morgan fingerprint density at radius 1 is 1.42 bits per heavy atom. The highest BCUT2D eigenvalue weighted by atomic mass is 32.2. The van der Waals surface area contributed by atoms with Gasteiger partial charge in [0, 0.05) is 14.1 Å². The van der Waals surface area contributed by atoms with E-state index >= 15 is 0 Å². The molecule has 1 N–H and O–H groups in total. The molecule has 0 radical (unpaired) electrons. The third kappa shape index (κ3) is 2.51. The van der Waals surface area contributed by atoms with Crippen LogP contribution in [0.5, 0.6) is 0 Å². The summed E-state index contributed by atoms with van der Waals surface area (Å²) in [6.45, 7) is 2.05. The highest BCUT2D eigenvalue weighted by Crippen LogP contribution is 2.24. The Hall–Kier alpha value is -1.38. The molecule has 1 aromatic heterocycles. The lowest BCUT2D eigenvalue weighted by molar-refractivity contribution is -0.0679. The maximum atomic E-state index is 11.9. The topological polar surface area (TPSA) is 91.1 Å². The number of aliphatic hydroxyl groups is 1. The zero-order valence-electron chi connectivity index (χ0n) is 11.0. The van der Waals surface area contributed by atoms with Crippen LogP contribution in [-0.4, -0.2) is 61.4 Å². The second-order valence-corrected chi connectivity index (χ2v) is 7.15. The molecule has 1 aliphatic rings. The van der Waals surface area contributed by atoms with Crippen LogP contribution in [0, 0.1) is 0 Å². The molecule has 106 valence electrons. The van der Waals surface area contributed by atoms with Crippen molar-refractivity contribution in [3.05, 3.63) is 17.9 Å². The number of amides is 1. The quantitative estimate of drug-likeness (QED) is 0.827. The second kappa shape index (κ2) is 4.32. The Bertz CT molecular complexity index is 594. The lowest BCUT2D eigenvalue weighted by Crippen LogP contribution is -2.61. The number of carbonyl (C=O) groups is 1. The maximum Gasteiger partial charge on any atom is 0.289 e. The number of sulfonamides is 1. The fourth-order valence-corrected chi connectivity index (χ4v) is 2.62. The van der Waals surface area contributed by atoms with Gasteiger partial charge < -0.3 is 14.4 Å². The van der Waals surface area contributed by atoms with Crippen LogP contribution < -0.4 is 0 Å². The minimum absolute atomic E-state index is 0.0454. The standard InChI is InChI=1S/C11H16N2O5S/c1-11(15)6-13(7-11)10(14)8-4-5-9(18-8)19(16,17)12(2)3/h4-5,15H,6-7H2,1-3H3. The molecule has 8 heteroatoms. The first-order chi connectivity index (χ1) is 8.63. The van der Waals surface area contributed by atoms with E-state index in [0.29, 0.717) is 0 Å². The average molecular weight is 288 g/mol. The van der Waals surface area contributed by atoms with Crippen LogP contribution in [0.25, 0.3) is 0 Å². The largest absolute Gasteiger partial charge is 0.438 e. The van der Waals surface area contributed by atoms with E-state index in [1.54, 1.807) is 6.92 Å². The summed E-state index contributed by atoms with van der Waals surface area (Å²) in [4.78, 5) is 13.3. The summed E-state index contributed by atoms with van der Waals surface area (Å²) < 4.78 is 29.7. The van der Waals surface area contributed by atoms with Crippen molar-refractivity contribution in [3.63, 3.8) is 0 Å². The summed E-state index contributed by atoms with van der Waals surface area (Å²) in [7, 11) is -0.918. The molecule has 0 aromatic carbocycles. The van der Waals surface area contributed by atoms with Gasteiger partial charge in [0.15, 0.2) is 5.76 Å². The van der Waals surface area contributed by atoms with Gasteiger partial charge in [-0.3, -0.25) is 4.79 Å². The summed E-state index contributed by atoms with van der Waals surface area (Å²) in [5.74, 6) is -0.470. The monoisotopic (exact) mass is 288 g/mol. The van der Waals surface area contributed by atoms with Gasteiger partial charge in [-0.2, -0.15) is 0 Å². The lowest BCUT2D eigenvalue weighted by atomic mass is 9.97. The van der Waals surface area contributed by atoms with E-state index in [1.165, 1.54) is 31.1 Å². The molecule has 2 heterocycles. The molecule has 0 spiro atoms. The molecule has 0 unspecified atom stereocenters. The Morgan fingerprint density at radius 2 is 2.00 bits per heavy atom. The van der Waals surface area contributed by atoms with Gasteiger partial charge in [0.05, 0.1) is 18.7 Å². The molecule has 1 amide bonds. The molecule has 1 fully saturated rings. The molecular weight excluding hydrogens is 272 g/mol. The van der Waals surface area contributed by atoms with Crippen LogP contribution in [0.4, 0.5) is 0 Å². The molecule has 0 bridgehead atoms. The molecule has 0 atom stereocenters. The first-order valence-corrected chi connectivity index (χ1v) is 7.11. The number of likely N-dealkylation sites (tertiary alicyclic amines) is 1. The van der Waals surface area contributed by atoms with Crippen molar-refractivity contribution in [3.8, 4) is 0 Å². The molecule has 7 nitrogen and oxygen atoms in total. The molecule has 1 aliphatic heterocycles. The van der Waals surface area contributed by atoms with Crippen LogP contribution in [0.15, 0.2) is 21.6 Å². The molecule has 2 rings (SSSR count). The first kappa shape index (κ1) is 14.0. The van der Waals surface area contributed by atoms with Gasteiger partial charge >= 0.3 is 0 Å². The van der Waals surface area contributed by atoms with Crippen molar-refractivity contribution < 1.29 is 22.7 Å². The minimum atomic E-state index is -3.68. The first-order valence-electron chi connectivity index (χ1n) is 5.67. The molecule has 1 aromatic rings. The lowest BCUT2D eigenvalue weighted by Gasteiger charge is -2.43. The van der Waals surface area contributed by atoms with Crippen LogP contribution in [0.2, 0.25) is 0 Å². The van der Waals surface area contributed by atoms with Crippen molar-refractivity contribution in [1.29, 1.82) is 0 Å². The summed E-state index contributed by atoms with van der Waals surface area (Å²) in [5, 5.41) is 9.29. The van der Waals surface area contributed by atoms with E-state index in [4.69, 9.17) is 4.42 Å². The van der Waals surface area contributed by atoms with Crippen LogP contribution in [-0.2, 0) is 10.0 Å². The summed E-state index contributed by atoms with van der Waals surface area (Å²) in [5.41, 5.74) is -0.874. The Kier molecular flexibility index (Phi) is 3.20. The van der Waals surface area contributed by atoms with E-state index < -0.39 is 21.5 Å². The van der Waals surface area contributed by atoms with Crippen LogP contribution in [0.1, 0.15) is 17.5 Å². The molecule has 0 aliphatic carbocycles. The van der Waals surface area contributed by atoms with Crippen molar-refractivity contribution >= 4 is 15.9 Å². The number of hydrogen-bond acceptors (Lipinski definition) is 5. The van der Waals surface area contributed by atoms with E-state index in [0.717, 1.165) is 4.31 Å². The smallest absolute Gasteiger partial charge is 0.289 e. The van der Waals surface area contributed by atoms with Crippen molar-refractivity contribution in [2.75, 3.05) is 27.2 Å². The van der Waals surface area contributed by atoms with Gasteiger partial charge in [-0.1, -0.05) is 0 Å². The van der Waals surface area contributed by atoms with Gasteiger partial charge in [0.25, 0.3) is 15.9 Å². The molecule has 1 saturated heterocycles. The SMILES string of the molecule is CN(C)S(=O)(=O)c1ccc(C(=O)N2CC(C)(O)C2)o1. The van der Waals surface area contributed by atoms with Gasteiger partial charge in [0.1, 0.15) is 0 Å². The van der Waals surface area contributed by atoms with Crippen LogP contribution in [0.3, 0.4) is 0 Å². The highest BCUT2D eigenvalue weighted by molar-refractivity contribution is 7.88. The predicted molar refractivity (Wildman–Crippen MR) is 66.1 cm³/mol. The number of furan rings is 1. The normalized spacial score (nSPS) is 18.5. The fourth-order valence-electron chi connectivity index (χ4n) is 1.83. The fraction of sp³-hybridized carbons (Fsp3) is 0.545. The number of nitrogens with zero attached hydrogens (tertiary/aromatic N) is 2. The molecule has 0 saturated carbocycles. The van der Waals surface area contributed by atoms with E-state index in [1.807, 2.05) is 0 Å². The van der Waals surface area contributed by atoms with Crippen LogP contribution >= 0.6 is 0 Å². The number of hydrogen-bond donors (Lipinski definition) is 1. The van der Waals surface area contributed by atoms with E-state index in [9.17, 15) is 18.3 Å². The number of rotatable bonds is 3. The molecule has 19 heavy (non-hydrogen) atoms. The summed E-state index contributed by atoms with van der Waals surface area (Å²) >= 11 is 0. The van der Waals surface area contributed by atoms with Crippen molar-refractivity contribution in [1.82, 2.24) is 9.21 Å². The van der Waals surface area contributed by atoms with E-state index in [2.05, 4.69) is 0 Å². The van der Waals surface area contributed by atoms with Gasteiger partial charge in [-0.15, -0.1) is 0 Å². The average Bonchev–Trinajstić information content (AvgIpc) is 2.74. The third-order valence-corrected chi connectivity index (χ3v) is 4.57. The zero-order valence-corrected chi connectivity index (χ0v) is 11.8. The second-order valence-electron chi connectivity index (χ2n) is 5.06. The Balaban J connectivity index is 2.17. The van der Waals surface area contributed by atoms with E-state index in [-0.39, 0.29) is 23.9 Å². The Labute approximate surface area is 111 Å².